The van der Waals surface area contributed by atoms with Gasteiger partial charge in [0.1, 0.15) is 0 Å². The second-order valence-electron chi connectivity index (χ2n) is 6.43. The molecule has 4 rings (SSSR count). The number of H-pyrrole nitrogens is 1. The number of rotatable bonds is 5. The largest absolute Gasteiger partial charge is 0.481 e. The zero-order valence-electron chi connectivity index (χ0n) is 14.6. The van der Waals surface area contributed by atoms with Crippen LogP contribution in [-0.2, 0) is 11.2 Å². The van der Waals surface area contributed by atoms with Crippen molar-refractivity contribution in [2.75, 3.05) is 0 Å². The van der Waals surface area contributed by atoms with Crippen molar-refractivity contribution in [3.05, 3.63) is 64.1 Å². The van der Waals surface area contributed by atoms with E-state index in [2.05, 4.69) is 53.5 Å². The highest BCUT2D eigenvalue weighted by Crippen LogP contribution is 2.35. The summed E-state index contributed by atoms with van der Waals surface area (Å²) in [4.78, 5) is 13.4. The number of carbonyl (C=O) groups is 1. The van der Waals surface area contributed by atoms with E-state index >= 15 is 0 Å². The van der Waals surface area contributed by atoms with Crippen LogP contribution in [0.3, 0.4) is 0 Å². The molecule has 2 aromatic heterocycles. The summed E-state index contributed by atoms with van der Waals surface area (Å²) < 4.78 is 0. The van der Waals surface area contributed by atoms with Crippen LogP contribution in [0.1, 0.15) is 17.0 Å². The predicted octanol–water partition coefficient (Wildman–Crippen LogP) is 5.94. The molecule has 0 spiro atoms. The Balaban J connectivity index is 1.71. The molecule has 0 aliphatic heterocycles. The highest BCUT2D eigenvalue weighted by Gasteiger charge is 2.13. The third-order valence-electron chi connectivity index (χ3n) is 4.53. The number of benzene rings is 2. The summed E-state index contributed by atoms with van der Waals surface area (Å²) in [5, 5.41) is 17.7. The molecule has 0 radical (unpaired) electrons. The molecule has 0 saturated heterocycles. The quantitative estimate of drug-likeness (QED) is 0.438. The van der Waals surface area contributed by atoms with E-state index in [1.807, 2.05) is 12.1 Å². The first-order chi connectivity index (χ1) is 13.0. The molecular formula is C21H17ClN2O2S. The fourth-order valence-corrected chi connectivity index (χ4v) is 4.28. The summed E-state index contributed by atoms with van der Waals surface area (Å²) in [5.41, 5.74) is 4.67. The van der Waals surface area contributed by atoms with Crippen LogP contribution in [0.2, 0.25) is 5.02 Å². The SMILES string of the molecule is Cc1ccc(-c2ccc(-c3cc4c(CCC(=O)O)n[nH]c4cc3Cl)cc2)s1. The van der Waals surface area contributed by atoms with Crippen molar-refractivity contribution >= 4 is 39.8 Å². The second kappa shape index (κ2) is 7.18. The number of carboxylic acid groups (broad SMARTS) is 1. The molecule has 0 atom stereocenters. The topological polar surface area (TPSA) is 66.0 Å². The van der Waals surface area contributed by atoms with Gasteiger partial charge in [0.05, 0.1) is 22.7 Å². The van der Waals surface area contributed by atoms with Gasteiger partial charge in [0, 0.05) is 27.1 Å². The monoisotopic (exact) mass is 396 g/mol. The van der Waals surface area contributed by atoms with Gasteiger partial charge in [-0.3, -0.25) is 9.89 Å². The number of halogens is 1. The van der Waals surface area contributed by atoms with E-state index < -0.39 is 5.97 Å². The van der Waals surface area contributed by atoms with Crippen molar-refractivity contribution in [1.29, 1.82) is 0 Å². The molecule has 27 heavy (non-hydrogen) atoms. The maximum Gasteiger partial charge on any atom is 0.303 e. The first kappa shape index (κ1) is 17.8. The van der Waals surface area contributed by atoms with Crippen LogP contribution in [0.4, 0.5) is 0 Å². The van der Waals surface area contributed by atoms with E-state index in [9.17, 15) is 4.79 Å². The normalized spacial score (nSPS) is 11.2. The van der Waals surface area contributed by atoms with E-state index in [-0.39, 0.29) is 6.42 Å². The van der Waals surface area contributed by atoms with Gasteiger partial charge in [-0.2, -0.15) is 5.10 Å². The van der Waals surface area contributed by atoms with Gasteiger partial charge in [0.2, 0.25) is 0 Å². The summed E-state index contributed by atoms with van der Waals surface area (Å²) >= 11 is 8.27. The molecule has 0 unspecified atom stereocenters. The fourth-order valence-electron chi connectivity index (χ4n) is 3.13. The van der Waals surface area contributed by atoms with Crippen LogP contribution < -0.4 is 0 Å². The third-order valence-corrected chi connectivity index (χ3v) is 5.89. The molecule has 2 N–H and O–H groups in total. The van der Waals surface area contributed by atoms with Crippen molar-refractivity contribution in [2.45, 2.75) is 19.8 Å². The van der Waals surface area contributed by atoms with Gasteiger partial charge < -0.3 is 5.11 Å². The van der Waals surface area contributed by atoms with E-state index in [4.69, 9.17) is 16.7 Å². The molecule has 0 saturated carbocycles. The Morgan fingerprint density at radius 2 is 1.89 bits per heavy atom. The second-order valence-corrected chi connectivity index (χ2v) is 8.12. The van der Waals surface area contributed by atoms with Crippen molar-refractivity contribution in [3.8, 4) is 21.6 Å². The Hall–Kier alpha value is -2.63. The number of thiophene rings is 1. The van der Waals surface area contributed by atoms with Crippen LogP contribution in [0, 0.1) is 6.92 Å². The van der Waals surface area contributed by atoms with Gasteiger partial charge in [-0.25, -0.2) is 0 Å². The first-order valence-electron chi connectivity index (χ1n) is 8.57. The summed E-state index contributed by atoms with van der Waals surface area (Å²) in [7, 11) is 0. The van der Waals surface area contributed by atoms with Crippen molar-refractivity contribution in [1.82, 2.24) is 10.2 Å². The van der Waals surface area contributed by atoms with Gasteiger partial charge in [-0.15, -0.1) is 11.3 Å². The number of hydrogen-bond acceptors (Lipinski definition) is 3. The lowest BCUT2D eigenvalue weighted by atomic mass is 10.0. The van der Waals surface area contributed by atoms with Gasteiger partial charge in [-0.05, 0) is 42.3 Å². The van der Waals surface area contributed by atoms with E-state index in [1.54, 1.807) is 11.3 Å². The molecule has 6 heteroatoms. The molecule has 0 bridgehead atoms. The lowest BCUT2D eigenvalue weighted by molar-refractivity contribution is -0.136. The average molecular weight is 397 g/mol. The van der Waals surface area contributed by atoms with Crippen LogP contribution in [0.25, 0.3) is 32.5 Å². The predicted molar refractivity (Wildman–Crippen MR) is 111 cm³/mol. The molecule has 0 aliphatic carbocycles. The summed E-state index contributed by atoms with van der Waals surface area (Å²) in [6.45, 7) is 2.10. The highest BCUT2D eigenvalue weighted by molar-refractivity contribution is 7.15. The molecule has 4 nitrogen and oxygen atoms in total. The fraction of sp³-hybridized carbons (Fsp3) is 0.143. The van der Waals surface area contributed by atoms with Crippen molar-refractivity contribution < 1.29 is 9.90 Å². The maximum atomic E-state index is 10.9. The molecule has 0 aliphatic rings. The number of carboxylic acids is 1. The number of fused-ring (bicyclic) bond motifs is 1. The molecule has 136 valence electrons. The van der Waals surface area contributed by atoms with Gasteiger partial charge in [0.25, 0.3) is 0 Å². The summed E-state index contributed by atoms with van der Waals surface area (Å²) in [6.07, 6.45) is 0.430. The van der Waals surface area contributed by atoms with Gasteiger partial charge in [0.15, 0.2) is 0 Å². The molecule has 2 heterocycles. The van der Waals surface area contributed by atoms with Crippen LogP contribution in [0.15, 0.2) is 48.5 Å². The minimum atomic E-state index is -0.834. The van der Waals surface area contributed by atoms with Crippen molar-refractivity contribution in [2.24, 2.45) is 0 Å². The number of nitrogens with one attached hydrogen (secondary N) is 1. The first-order valence-corrected chi connectivity index (χ1v) is 9.76. The smallest absolute Gasteiger partial charge is 0.303 e. The third kappa shape index (κ3) is 3.61. The number of aromatic nitrogens is 2. The molecule has 4 aromatic rings. The van der Waals surface area contributed by atoms with Crippen LogP contribution in [-0.4, -0.2) is 21.3 Å². The Kier molecular flexibility index (Phi) is 4.72. The number of aromatic amines is 1. The Morgan fingerprint density at radius 1 is 1.15 bits per heavy atom. The summed E-state index contributed by atoms with van der Waals surface area (Å²) in [6, 6.07) is 16.4. The number of hydrogen-bond donors (Lipinski definition) is 2. The molecule has 0 amide bonds. The Morgan fingerprint density at radius 3 is 2.56 bits per heavy atom. The van der Waals surface area contributed by atoms with Crippen molar-refractivity contribution in [3.63, 3.8) is 0 Å². The molecule has 2 aromatic carbocycles. The Labute approximate surface area is 165 Å². The Bertz CT molecular complexity index is 1130. The maximum absolute atomic E-state index is 10.9. The lowest BCUT2D eigenvalue weighted by Crippen LogP contribution is -1.98. The molecular weight excluding hydrogens is 380 g/mol. The standard InChI is InChI=1S/C21H17ClN2O2S/c1-12-2-8-20(27-12)14-5-3-13(4-6-14)15-10-16-18(7-9-21(25)26)23-24-19(16)11-17(15)22/h2-6,8,10-11H,7,9H2,1H3,(H,23,24)(H,25,26). The summed E-state index contributed by atoms with van der Waals surface area (Å²) in [5.74, 6) is -0.834. The highest BCUT2D eigenvalue weighted by atomic mass is 35.5. The number of aliphatic carboxylic acids is 1. The van der Waals surface area contributed by atoms with Crippen LogP contribution >= 0.6 is 22.9 Å². The van der Waals surface area contributed by atoms with E-state index in [0.717, 1.165) is 27.7 Å². The zero-order valence-corrected chi connectivity index (χ0v) is 16.2. The van der Waals surface area contributed by atoms with E-state index in [0.29, 0.717) is 11.4 Å². The van der Waals surface area contributed by atoms with Gasteiger partial charge >= 0.3 is 5.97 Å². The zero-order chi connectivity index (χ0) is 19.0. The van der Waals surface area contributed by atoms with Crippen LogP contribution in [0.5, 0.6) is 0 Å². The lowest BCUT2D eigenvalue weighted by Gasteiger charge is -2.07. The minimum Gasteiger partial charge on any atom is -0.481 e. The number of aryl methyl sites for hydroxylation is 2. The molecule has 0 fully saturated rings. The van der Waals surface area contributed by atoms with E-state index in [1.165, 1.54) is 15.3 Å². The average Bonchev–Trinajstić information content (AvgIpc) is 3.25. The minimum absolute atomic E-state index is 0.0485. The number of nitrogens with zero attached hydrogens (tertiary/aromatic N) is 1. The van der Waals surface area contributed by atoms with Gasteiger partial charge in [-0.1, -0.05) is 35.9 Å².